The number of sulfonamides is 1. The number of H-pyrrole nitrogens is 1. The minimum atomic E-state index is -3.96. The van der Waals surface area contributed by atoms with Crippen molar-refractivity contribution in [2.45, 2.75) is 58.3 Å². The number of anilines is 1. The Kier molecular flexibility index (Phi) is 8.35. The highest BCUT2D eigenvalue weighted by Crippen LogP contribution is 2.31. The number of ether oxygens (including phenoxy) is 2. The Bertz CT molecular complexity index is 1580. The van der Waals surface area contributed by atoms with Gasteiger partial charge in [-0.15, -0.1) is 5.10 Å². The third-order valence-electron chi connectivity index (χ3n) is 5.98. The van der Waals surface area contributed by atoms with E-state index in [4.69, 9.17) is 9.47 Å². The van der Waals surface area contributed by atoms with Crippen molar-refractivity contribution < 1.29 is 17.9 Å². The molecule has 0 saturated heterocycles. The third-order valence-corrected chi connectivity index (χ3v) is 7.36. The zero-order chi connectivity index (χ0) is 27.3. The Morgan fingerprint density at radius 1 is 1.00 bits per heavy atom. The first-order chi connectivity index (χ1) is 18.3. The summed E-state index contributed by atoms with van der Waals surface area (Å²) < 4.78 is 41.8. The minimum absolute atomic E-state index is 0.00225. The molecule has 0 aliphatic rings. The molecule has 0 bridgehead atoms. The predicted octanol–water partition coefficient (Wildman–Crippen LogP) is 4.72. The number of aromatic amines is 1. The number of benzene rings is 2. The van der Waals surface area contributed by atoms with E-state index in [-0.39, 0.29) is 16.3 Å². The van der Waals surface area contributed by atoms with E-state index in [1.165, 1.54) is 12.1 Å². The lowest BCUT2D eigenvalue weighted by Crippen LogP contribution is -2.17. The molecule has 4 rings (SSSR count). The summed E-state index contributed by atoms with van der Waals surface area (Å²) in [7, 11) is -3.96. The lowest BCUT2D eigenvalue weighted by Gasteiger charge is -2.14. The van der Waals surface area contributed by atoms with Gasteiger partial charge in [0.1, 0.15) is 17.3 Å². The molecule has 0 aliphatic heterocycles. The fraction of sp³-hybridized carbons (Fsp3) is 0.370. The summed E-state index contributed by atoms with van der Waals surface area (Å²) in [5, 5.41) is 4.67. The molecular weight excluding hydrogens is 506 g/mol. The number of unbranched alkanes of at least 4 members (excludes halogenated alkanes) is 2. The molecular formula is C27H33N5O5S. The molecule has 0 fully saturated rings. The van der Waals surface area contributed by atoms with Crippen LogP contribution in [0.25, 0.3) is 16.9 Å². The zero-order valence-electron chi connectivity index (χ0n) is 22.1. The van der Waals surface area contributed by atoms with Gasteiger partial charge in [0.25, 0.3) is 15.6 Å². The standard InChI is InChI=1S/C27H33N5O5S/c1-5-8-9-10-24-28-18(4)25-27(33)29-26(30-32(24)25)22-17-21(15-16-23(22)37-7-3)38(34,35)31-19-11-13-20(14-12-19)36-6-2/h11-17,31H,5-10H2,1-4H3,(H,29,30,33). The number of rotatable bonds is 12. The van der Waals surface area contributed by atoms with Crippen LogP contribution >= 0.6 is 0 Å². The molecule has 4 aromatic rings. The monoisotopic (exact) mass is 539 g/mol. The second-order valence-corrected chi connectivity index (χ2v) is 10.5. The Balaban J connectivity index is 1.76. The first-order valence-corrected chi connectivity index (χ1v) is 14.3. The Morgan fingerprint density at radius 2 is 1.74 bits per heavy atom. The van der Waals surface area contributed by atoms with Gasteiger partial charge in [0.2, 0.25) is 0 Å². The van der Waals surface area contributed by atoms with Crippen molar-refractivity contribution in [2.75, 3.05) is 17.9 Å². The van der Waals surface area contributed by atoms with Crippen LogP contribution in [0.4, 0.5) is 5.69 Å². The maximum Gasteiger partial charge on any atom is 0.277 e. The summed E-state index contributed by atoms with van der Waals surface area (Å²) >= 11 is 0. The van der Waals surface area contributed by atoms with Crippen LogP contribution < -0.4 is 19.8 Å². The molecule has 11 heteroatoms. The highest BCUT2D eigenvalue weighted by atomic mass is 32.2. The van der Waals surface area contributed by atoms with E-state index in [2.05, 4.69) is 26.7 Å². The van der Waals surface area contributed by atoms with Gasteiger partial charge in [0.15, 0.2) is 11.3 Å². The number of fused-ring (bicyclic) bond motifs is 1. The van der Waals surface area contributed by atoms with E-state index < -0.39 is 10.0 Å². The van der Waals surface area contributed by atoms with Gasteiger partial charge in [-0.3, -0.25) is 9.52 Å². The molecule has 2 aromatic heterocycles. The summed E-state index contributed by atoms with van der Waals surface area (Å²) in [5.74, 6) is 1.93. The summed E-state index contributed by atoms with van der Waals surface area (Å²) in [6, 6.07) is 11.1. The smallest absolute Gasteiger partial charge is 0.277 e. The zero-order valence-corrected chi connectivity index (χ0v) is 22.9. The lowest BCUT2D eigenvalue weighted by molar-refractivity contribution is 0.340. The molecule has 0 atom stereocenters. The van der Waals surface area contributed by atoms with Crippen molar-refractivity contribution in [1.82, 2.24) is 19.6 Å². The number of aromatic nitrogens is 4. The van der Waals surface area contributed by atoms with Crippen LogP contribution in [-0.2, 0) is 16.4 Å². The van der Waals surface area contributed by atoms with Crippen molar-refractivity contribution >= 4 is 21.2 Å². The molecule has 2 N–H and O–H groups in total. The van der Waals surface area contributed by atoms with Crippen LogP contribution in [0.3, 0.4) is 0 Å². The molecule has 0 aliphatic carbocycles. The normalized spacial score (nSPS) is 11.6. The van der Waals surface area contributed by atoms with Crippen LogP contribution in [0.15, 0.2) is 52.2 Å². The lowest BCUT2D eigenvalue weighted by atomic mass is 10.2. The summed E-state index contributed by atoms with van der Waals surface area (Å²) in [4.78, 5) is 20.4. The minimum Gasteiger partial charge on any atom is -0.494 e. The number of hydrogen-bond acceptors (Lipinski definition) is 7. The van der Waals surface area contributed by atoms with Gasteiger partial charge in [-0.25, -0.2) is 17.9 Å². The fourth-order valence-electron chi connectivity index (χ4n) is 4.19. The number of nitrogens with zero attached hydrogens (tertiary/aromatic N) is 3. The van der Waals surface area contributed by atoms with Crippen molar-refractivity contribution in [3.8, 4) is 22.9 Å². The summed E-state index contributed by atoms with van der Waals surface area (Å²) in [6.45, 7) is 8.47. The molecule has 0 radical (unpaired) electrons. The second kappa shape index (κ2) is 11.7. The number of hydrogen-bond donors (Lipinski definition) is 2. The molecule has 0 spiro atoms. The number of nitrogens with one attached hydrogen (secondary N) is 2. The van der Waals surface area contributed by atoms with Crippen LogP contribution in [-0.4, -0.2) is 41.2 Å². The topological polar surface area (TPSA) is 128 Å². The highest BCUT2D eigenvalue weighted by Gasteiger charge is 2.21. The summed E-state index contributed by atoms with van der Waals surface area (Å²) in [5.41, 5.74) is 1.36. The second-order valence-electron chi connectivity index (χ2n) is 8.79. The van der Waals surface area contributed by atoms with E-state index in [9.17, 15) is 13.2 Å². The molecule has 0 saturated carbocycles. The summed E-state index contributed by atoms with van der Waals surface area (Å²) in [6.07, 6.45) is 3.70. The van der Waals surface area contributed by atoms with Crippen LogP contribution in [0.5, 0.6) is 11.5 Å². The van der Waals surface area contributed by atoms with Gasteiger partial charge >= 0.3 is 0 Å². The quantitative estimate of drug-likeness (QED) is 0.249. The van der Waals surface area contributed by atoms with Crippen molar-refractivity contribution in [3.63, 3.8) is 0 Å². The van der Waals surface area contributed by atoms with E-state index in [1.54, 1.807) is 41.8 Å². The SMILES string of the molecule is CCCCCc1nc(C)c2c(=O)[nH]c(-c3cc(S(=O)(=O)Nc4ccc(OCC)cc4)ccc3OCC)nn12. The van der Waals surface area contributed by atoms with Gasteiger partial charge in [0.05, 0.1) is 29.4 Å². The molecule has 0 unspecified atom stereocenters. The van der Waals surface area contributed by atoms with Gasteiger partial charge in [-0.1, -0.05) is 19.8 Å². The van der Waals surface area contributed by atoms with E-state index in [1.807, 2.05) is 13.8 Å². The molecule has 202 valence electrons. The van der Waals surface area contributed by atoms with Crippen LogP contribution in [0.1, 0.15) is 51.6 Å². The largest absolute Gasteiger partial charge is 0.494 e. The van der Waals surface area contributed by atoms with Crippen molar-refractivity contribution in [3.05, 3.63) is 64.3 Å². The fourth-order valence-corrected chi connectivity index (χ4v) is 5.28. The molecule has 10 nitrogen and oxygen atoms in total. The van der Waals surface area contributed by atoms with Gasteiger partial charge in [0, 0.05) is 12.1 Å². The Morgan fingerprint density at radius 3 is 2.42 bits per heavy atom. The Hall–Kier alpha value is -3.86. The maximum atomic E-state index is 13.3. The average molecular weight is 540 g/mol. The van der Waals surface area contributed by atoms with Gasteiger partial charge in [-0.05, 0) is 69.7 Å². The van der Waals surface area contributed by atoms with Crippen LogP contribution in [0.2, 0.25) is 0 Å². The molecule has 2 aromatic carbocycles. The van der Waals surface area contributed by atoms with Gasteiger partial charge in [-0.2, -0.15) is 0 Å². The van der Waals surface area contributed by atoms with Crippen molar-refractivity contribution in [1.29, 1.82) is 0 Å². The maximum absolute atomic E-state index is 13.3. The van der Waals surface area contributed by atoms with Crippen LogP contribution in [0, 0.1) is 6.92 Å². The van der Waals surface area contributed by atoms with Crippen molar-refractivity contribution in [2.24, 2.45) is 0 Å². The number of aryl methyl sites for hydroxylation is 2. The van der Waals surface area contributed by atoms with E-state index in [0.717, 1.165) is 19.3 Å². The highest BCUT2D eigenvalue weighted by molar-refractivity contribution is 7.92. The van der Waals surface area contributed by atoms with E-state index in [0.29, 0.717) is 59.4 Å². The van der Waals surface area contributed by atoms with Gasteiger partial charge < -0.3 is 14.5 Å². The molecule has 2 heterocycles. The molecule has 38 heavy (non-hydrogen) atoms. The first kappa shape index (κ1) is 27.2. The average Bonchev–Trinajstić information content (AvgIpc) is 3.21. The molecule has 0 amide bonds. The number of imidazole rings is 1. The first-order valence-electron chi connectivity index (χ1n) is 12.8. The van der Waals surface area contributed by atoms with E-state index >= 15 is 0 Å². The third kappa shape index (κ3) is 5.83. The Labute approximate surface area is 222 Å². The predicted molar refractivity (Wildman–Crippen MR) is 147 cm³/mol.